The van der Waals surface area contributed by atoms with Gasteiger partial charge in [0.15, 0.2) is 6.10 Å². The molecule has 0 fully saturated rings. The normalized spacial score (nSPS) is 12.7. The van der Waals surface area contributed by atoms with Gasteiger partial charge in [-0.05, 0) is 30.0 Å². The first-order valence-electron chi connectivity index (χ1n) is 9.72. The molecule has 1 amide bonds. The van der Waals surface area contributed by atoms with E-state index in [1.54, 1.807) is 6.92 Å². The summed E-state index contributed by atoms with van der Waals surface area (Å²) in [4.78, 5) is 24.2. The number of ether oxygens (including phenoxy) is 1. The van der Waals surface area contributed by atoms with Crippen LogP contribution in [0.4, 0.5) is 0 Å². The molecule has 30 heavy (non-hydrogen) atoms. The van der Waals surface area contributed by atoms with Gasteiger partial charge in [0.05, 0.1) is 12.8 Å². The Labute approximate surface area is 174 Å². The van der Waals surface area contributed by atoms with Gasteiger partial charge in [-0.3, -0.25) is 9.89 Å². The number of H-pyrrole nitrogens is 1. The highest BCUT2D eigenvalue weighted by Gasteiger charge is 2.24. The van der Waals surface area contributed by atoms with Crippen LogP contribution in [-0.4, -0.2) is 51.1 Å². The van der Waals surface area contributed by atoms with E-state index in [1.165, 1.54) is 6.20 Å². The van der Waals surface area contributed by atoms with Crippen molar-refractivity contribution in [2.75, 3.05) is 6.61 Å². The largest absolute Gasteiger partial charge is 0.464 e. The monoisotopic (exact) mass is 408 g/mol. The summed E-state index contributed by atoms with van der Waals surface area (Å²) in [6.07, 6.45) is 0.424. The summed E-state index contributed by atoms with van der Waals surface area (Å²) in [6, 6.07) is 17.4. The highest BCUT2D eigenvalue weighted by molar-refractivity contribution is 5.92. The standard InChI is InChI=1S/C22H24N4O4/c1-2-30-22(29)20(27)13-18(24-21(28)19-14-23-26-25-19)12-15-8-10-17(11-9-15)16-6-4-3-5-7-16/h3-11,14,18,20,27H,2,12-13H2,1H3,(H,24,28)(H,23,25,26). The minimum atomic E-state index is -1.33. The minimum Gasteiger partial charge on any atom is -0.464 e. The quantitative estimate of drug-likeness (QED) is 0.467. The number of esters is 1. The maximum absolute atomic E-state index is 12.4. The Balaban J connectivity index is 1.72. The Kier molecular flexibility index (Phi) is 7.29. The van der Waals surface area contributed by atoms with Crippen LogP contribution >= 0.6 is 0 Å². The summed E-state index contributed by atoms with van der Waals surface area (Å²) in [5.74, 6) is -1.12. The van der Waals surface area contributed by atoms with Gasteiger partial charge in [-0.2, -0.15) is 0 Å². The number of nitrogens with zero attached hydrogens (tertiary/aromatic N) is 2. The zero-order valence-corrected chi connectivity index (χ0v) is 16.6. The van der Waals surface area contributed by atoms with E-state index in [9.17, 15) is 14.7 Å². The molecule has 3 aromatic rings. The van der Waals surface area contributed by atoms with E-state index in [-0.39, 0.29) is 18.7 Å². The van der Waals surface area contributed by atoms with Gasteiger partial charge in [0.2, 0.25) is 0 Å². The Morgan fingerprint density at radius 2 is 1.80 bits per heavy atom. The first kappa shape index (κ1) is 21.2. The van der Waals surface area contributed by atoms with Gasteiger partial charge in [-0.15, -0.1) is 5.10 Å². The summed E-state index contributed by atoms with van der Waals surface area (Å²) in [5, 5.41) is 22.6. The van der Waals surface area contributed by atoms with Gasteiger partial charge in [-0.25, -0.2) is 4.79 Å². The molecule has 2 unspecified atom stereocenters. The number of hydrogen-bond acceptors (Lipinski definition) is 6. The number of aliphatic hydroxyl groups is 1. The van der Waals surface area contributed by atoms with Crippen molar-refractivity contribution in [2.45, 2.75) is 31.9 Å². The molecule has 2 aromatic carbocycles. The molecule has 0 aliphatic heterocycles. The molecular weight excluding hydrogens is 384 g/mol. The fraction of sp³-hybridized carbons (Fsp3) is 0.273. The highest BCUT2D eigenvalue weighted by atomic mass is 16.5. The summed E-state index contributed by atoms with van der Waals surface area (Å²) in [7, 11) is 0. The number of rotatable bonds is 9. The topological polar surface area (TPSA) is 117 Å². The smallest absolute Gasteiger partial charge is 0.335 e. The van der Waals surface area contributed by atoms with Gasteiger partial charge >= 0.3 is 5.97 Å². The minimum absolute atomic E-state index is 0.0204. The number of nitrogens with one attached hydrogen (secondary N) is 2. The van der Waals surface area contributed by atoms with E-state index in [4.69, 9.17) is 4.74 Å². The first-order chi connectivity index (χ1) is 14.6. The third-order valence-corrected chi connectivity index (χ3v) is 4.60. The third kappa shape index (κ3) is 5.74. The second-order valence-electron chi connectivity index (χ2n) is 6.81. The lowest BCUT2D eigenvalue weighted by Gasteiger charge is -2.21. The van der Waals surface area contributed by atoms with Crippen LogP contribution < -0.4 is 5.32 Å². The predicted molar refractivity (Wildman–Crippen MR) is 110 cm³/mol. The average molecular weight is 408 g/mol. The molecule has 3 N–H and O–H groups in total. The summed E-state index contributed by atoms with van der Waals surface area (Å²) < 4.78 is 4.87. The molecule has 8 heteroatoms. The van der Waals surface area contributed by atoms with E-state index in [0.29, 0.717) is 6.42 Å². The van der Waals surface area contributed by atoms with E-state index >= 15 is 0 Å². The molecule has 0 saturated carbocycles. The summed E-state index contributed by atoms with van der Waals surface area (Å²) >= 11 is 0. The van der Waals surface area contributed by atoms with Crippen LogP contribution in [0.5, 0.6) is 0 Å². The summed E-state index contributed by atoms with van der Waals surface area (Å²) in [5.41, 5.74) is 3.34. The maximum atomic E-state index is 12.4. The van der Waals surface area contributed by atoms with Crippen LogP contribution in [0.2, 0.25) is 0 Å². The van der Waals surface area contributed by atoms with Crippen molar-refractivity contribution in [1.82, 2.24) is 20.7 Å². The van der Waals surface area contributed by atoms with Gasteiger partial charge in [0.25, 0.3) is 5.91 Å². The van der Waals surface area contributed by atoms with E-state index in [2.05, 4.69) is 20.7 Å². The van der Waals surface area contributed by atoms with Crippen LogP contribution in [0, 0.1) is 0 Å². The fourth-order valence-corrected chi connectivity index (χ4v) is 3.12. The Hall–Kier alpha value is -3.52. The molecule has 0 aliphatic rings. The number of benzene rings is 2. The zero-order chi connectivity index (χ0) is 21.3. The number of hydrogen-bond donors (Lipinski definition) is 3. The molecule has 0 aliphatic carbocycles. The second kappa shape index (κ2) is 10.3. The molecule has 1 heterocycles. The maximum Gasteiger partial charge on any atom is 0.335 e. The predicted octanol–water partition coefficient (Wildman–Crippen LogP) is 2.13. The zero-order valence-electron chi connectivity index (χ0n) is 16.6. The molecule has 3 rings (SSSR count). The van der Waals surface area contributed by atoms with Gasteiger partial charge in [0.1, 0.15) is 5.69 Å². The molecule has 0 spiro atoms. The number of amides is 1. The van der Waals surface area contributed by atoms with Crippen molar-refractivity contribution in [3.05, 3.63) is 72.1 Å². The number of carbonyl (C=O) groups is 2. The molecule has 0 radical (unpaired) electrons. The number of aliphatic hydroxyl groups excluding tert-OH is 1. The third-order valence-electron chi connectivity index (χ3n) is 4.60. The lowest BCUT2D eigenvalue weighted by Crippen LogP contribution is -2.41. The molecule has 1 aromatic heterocycles. The lowest BCUT2D eigenvalue weighted by molar-refractivity contribution is -0.153. The van der Waals surface area contributed by atoms with Gasteiger partial charge in [0, 0.05) is 12.5 Å². The molecule has 156 valence electrons. The molecular formula is C22H24N4O4. The molecule has 2 atom stereocenters. The number of carbonyl (C=O) groups excluding carboxylic acids is 2. The van der Waals surface area contributed by atoms with E-state index in [1.807, 2.05) is 54.6 Å². The van der Waals surface area contributed by atoms with Crippen LogP contribution in [-0.2, 0) is 16.0 Å². The molecule has 0 saturated heterocycles. The van der Waals surface area contributed by atoms with Crippen LogP contribution in [0.1, 0.15) is 29.4 Å². The summed E-state index contributed by atoms with van der Waals surface area (Å²) in [6.45, 7) is 1.84. The van der Waals surface area contributed by atoms with Crippen molar-refractivity contribution in [1.29, 1.82) is 0 Å². The van der Waals surface area contributed by atoms with Gasteiger partial charge in [-0.1, -0.05) is 59.8 Å². The van der Waals surface area contributed by atoms with Gasteiger partial charge < -0.3 is 15.2 Å². The van der Waals surface area contributed by atoms with Crippen LogP contribution in [0.25, 0.3) is 11.1 Å². The number of aromatic nitrogens is 3. The lowest BCUT2D eigenvalue weighted by atomic mass is 9.97. The molecule has 8 nitrogen and oxygen atoms in total. The van der Waals surface area contributed by atoms with Crippen molar-refractivity contribution < 1.29 is 19.4 Å². The number of aromatic amines is 1. The Morgan fingerprint density at radius 3 is 2.43 bits per heavy atom. The van der Waals surface area contributed by atoms with E-state index < -0.39 is 24.0 Å². The van der Waals surface area contributed by atoms with Crippen molar-refractivity contribution in [2.24, 2.45) is 0 Å². The highest BCUT2D eigenvalue weighted by Crippen LogP contribution is 2.20. The van der Waals surface area contributed by atoms with Crippen molar-refractivity contribution in [3.8, 4) is 11.1 Å². The Morgan fingerprint density at radius 1 is 1.10 bits per heavy atom. The van der Waals surface area contributed by atoms with Crippen molar-refractivity contribution in [3.63, 3.8) is 0 Å². The SMILES string of the molecule is CCOC(=O)C(O)CC(Cc1ccc(-c2ccccc2)cc1)NC(=O)c1cnn[nH]1. The van der Waals surface area contributed by atoms with E-state index in [0.717, 1.165) is 16.7 Å². The van der Waals surface area contributed by atoms with Crippen molar-refractivity contribution >= 4 is 11.9 Å². The molecule has 0 bridgehead atoms. The van der Waals surface area contributed by atoms with Crippen LogP contribution in [0.3, 0.4) is 0 Å². The fourth-order valence-electron chi connectivity index (χ4n) is 3.12. The first-order valence-corrected chi connectivity index (χ1v) is 9.72. The average Bonchev–Trinajstić information content (AvgIpc) is 3.30. The Bertz CT molecular complexity index is 943. The second-order valence-corrected chi connectivity index (χ2v) is 6.81. The van der Waals surface area contributed by atoms with Crippen LogP contribution in [0.15, 0.2) is 60.8 Å².